The fourth-order valence-corrected chi connectivity index (χ4v) is 2.72. The quantitative estimate of drug-likeness (QED) is 0.830. The highest BCUT2D eigenvalue weighted by molar-refractivity contribution is 5.97. The number of allylic oxidation sites excluding steroid dienone is 1. The first-order valence-corrected chi connectivity index (χ1v) is 8.24. The average Bonchev–Trinajstić information content (AvgIpc) is 2.55. The van der Waals surface area contributed by atoms with E-state index in [2.05, 4.69) is 6.58 Å². The Kier molecular flexibility index (Phi) is 5.62. The van der Waals surface area contributed by atoms with Crippen molar-refractivity contribution < 1.29 is 14.4 Å². The molecule has 0 spiro atoms. The molecular formula is C19H25N3O3. The van der Waals surface area contributed by atoms with Crippen LogP contribution < -0.4 is 0 Å². The zero-order chi connectivity index (χ0) is 18.7. The van der Waals surface area contributed by atoms with Crippen LogP contribution in [0.5, 0.6) is 0 Å². The van der Waals surface area contributed by atoms with Crippen LogP contribution in [0.15, 0.2) is 24.8 Å². The van der Waals surface area contributed by atoms with Crippen molar-refractivity contribution in [2.24, 2.45) is 0 Å². The molecule has 1 saturated heterocycles. The third-order valence-corrected chi connectivity index (χ3v) is 4.35. The molecule has 0 unspecified atom stereocenters. The maximum atomic E-state index is 12.7. The molecule has 1 heterocycles. The second kappa shape index (κ2) is 7.51. The Bertz CT molecular complexity index is 727. The predicted octanol–water partition coefficient (Wildman–Crippen LogP) is 1.40. The van der Waals surface area contributed by atoms with E-state index in [-0.39, 0.29) is 30.8 Å². The SMILES string of the molecule is C=C(C)c1cc(C)cc(C(=O)N(C)CC(=O)N2CCN(C)C(=O)C2)c1. The first kappa shape index (κ1) is 18.7. The lowest BCUT2D eigenvalue weighted by atomic mass is 10.0. The van der Waals surface area contributed by atoms with Crippen LogP contribution in [0.25, 0.3) is 5.57 Å². The van der Waals surface area contributed by atoms with Gasteiger partial charge in [-0.2, -0.15) is 0 Å². The summed E-state index contributed by atoms with van der Waals surface area (Å²) >= 11 is 0. The van der Waals surface area contributed by atoms with Crippen molar-refractivity contribution in [3.63, 3.8) is 0 Å². The summed E-state index contributed by atoms with van der Waals surface area (Å²) in [5.74, 6) is -0.525. The molecular weight excluding hydrogens is 318 g/mol. The number of rotatable bonds is 4. The summed E-state index contributed by atoms with van der Waals surface area (Å²) in [7, 11) is 3.32. The van der Waals surface area contributed by atoms with Gasteiger partial charge in [0.15, 0.2) is 0 Å². The Labute approximate surface area is 148 Å². The van der Waals surface area contributed by atoms with E-state index in [1.807, 2.05) is 19.9 Å². The highest BCUT2D eigenvalue weighted by atomic mass is 16.2. The molecule has 0 aromatic heterocycles. The number of hydrogen-bond donors (Lipinski definition) is 0. The monoisotopic (exact) mass is 343 g/mol. The summed E-state index contributed by atoms with van der Waals surface area (Å²) in [5.41, 5.74) is 3.29. The molecule has 3 amide bonds. The molecule has 0 radical (unpaired) electrons. The molecule has 1 aromatic rings. The molecule has 0 aliphatic carbocycles. The Balaban J connectivity index is 2.06. The standard InChI is InChI=1S/C19H25N3O3/c1-13(2)15-8-14(3)9-16(10-15)19(25)21(5)11-18(24)22-7-6-20(4)17(23)12-22/h8-10H,1,6-7,11-12H2,2-5H3. The van der Waals surface area contributed by atoms with Gasteiger partial charge in [-0.1, -0.05) is 18.2 Å². The lowest BCUT2D eigenvalue weighted by Crippen LogP contribution is -2.53. The van der Waals surface area contributed by atoms with Gasteiger partial charge < -0.3 is 14.7 Å². The van der Waals surface area contributed by atoms with Gasteiger partial charge in [0.25, 0.3) is 5.91 Å². The maximum Gasteiger partial charge on any atom is 0.254 e. The number of benzene rings is 1. The first-order valence-electron chi connectivity index (χ1n) is 8.24. The lowest BCUT2D eigenvalue weighted by Gasteiger charge is -2.33. The molecule has 0 saturated carbocycles. The van der Waals surface area contributed by atoms with Gasteiger partial charge >= 0.3 is 0 Å². The summed E-state index contributed by atoms with van der Waals surface area (Å²) in [6.07, 6.45) is 0. The summed E-state index contributed by atoms with van der Waals surface area (Å²) in [6, 6.07) is 5.56. The fourth-order valence-electron chi connectivity index (χ4n) is 2.72. The van der Waals surface area contributed by atoms with Crippen LogP contribution in [0.3, 0.4) is 0 Å². The van der Waals surface area contributed by atoms with Crippen LogP contribution in [0.1, 0.15) is 28.4 Å². The number of carbonyl (C=O) groups is 3. The minimum atomic E-state index is -0.222. The van der Waals surface area contributed by atoms with E-state index in [0.29, 0.717) is 18.7 Å². The minimum Gasteiger partial charge on any atom is -0.342 e. The molecule has 0 bridgehead atoms. The van der Waals surface area contributed by atoms with E-state index in [9.17, 15) is 14.4 Å². The number of piperazine rings is 1. The van der Waals surface area contributed by atoms with Gasteiger partial charge in [-0.25, -0.2) is 0 Å². The molecule has 1 fully saturated rings. The lowest BCUT2D eigenvalue weighted by molar-refractivity contribution is -0.144. The molecule has 1 aromatic carbocycles. The Hall–Kier alpha value is -2.63. The van der Waals surface area contributed by atoms with E-state index in [0.717, 1.165) is 16.7 Å². The van der Waals surface area contributed by atoms with Crippen molar-refractivity contribution in [1.82, 2.24) is 14.7 Å². The van der Waals surface area contributed by atoms with Gasteiger partial charge in [-0.15, -0.1) is 0 Å². The highest BCUT2D eigenvalue weighted by Crippen LogP contribution is 2.17. The van der Waals surface area contributed by atoms with Crippen molar-refractivity contribution >= 4 is 23.3 Å². The van der Waals surface area contributed by atoms with E-state index in [4.69, 9.17) is 0 Å². The Morgan fingerprint density at radius 3 is 2.44 bits per heavy atom. The molecule has 2 rings (SSSR count). The largest absolute Gasteiger partial charge is 0.342 e. The topological polar surface area (TPSA) is 60.9 Å². The fraction of sp³-hybridized carbons (Fsp3) is 0.421. The normalized spacial score (nSPS) is 14.5. The molecule has 0 N–H and O–H groups in total. The number of nitrogens with zero attached hydrogens (tertiary/aromatic N) is 3. The van der Waals surface area contributed by atoms with Gasteiger partial charge in [-0.3, -0.25) is 14.4 Å². The molecule has 1 aliphatic heterocycles. The van der Waals surface area contributed by atoms with E-state index in [1.54, 1.807) is 31.1 Å². The summed E-state index contributed by atoms with van der Waals surface area (Å²) in [6.45, 7) is 8.75. The minimum absolute atomic E-state index is 0.0494. The van der Waals surface area contributed by atoms with Gasteiger partial charge in [0.1, 0.15) is 0 Å². The smallest absolute Gasteiger partial charge is 0.254 e. The molecule has 0 atom stereocenters. The second-order valence-corrected chi connectivity index (χ2v) is 6.66. The summed E-state index contributed by atoms with van der Waals surface area (Å²) < 4.78 is 0. The molecule has 6 heteroatoms. The van der Waals surface area contributed by atoms with E-state index < -0.39 is 0 Å². The molecule has 1 aliphatic rings. The van der Waals surface area contributed by atoms with Crippen LogP contribution in [0.2, 0.25) is 0 Å². The zero-order valence-corrected chi connectivity index (χ0v) is 15.3. The van der Waals surface area contributed by atoms with E-state index >= 15 is 0 Å². The number of carbonyl (C=O) groups excluding carboxylic acids is 3. The van der Waals surface area contributed by atoms with Crippen molar-refractivity contribution in [1.29, 1.82) is 0 Å². The van der Waals surface area contributed by atoms with Crippen molar-refractivity contribution in [2.75, 3.05) is 40.3 Å². The molecule has 25 heavy (non-hydrogen) atoms. The van der Waals surface area contributed by atoms with Crippen LogP contribution >= 0.6 is 0 Å². The third-order valence-electron chi connectivity index (χ3n) is 4.35. The summed E-state index contributed by atoms with van der Waals surface area (Å²) in [4.78, 5) is 41.3. The van der Waals surface area contributed by atoms with Crippen molar-refractivity contribution in [3.8, 4) is 0 Å². The Morgan fingerprint density at radius 1 is 1.20 bits per heavy atom. The number of aryl methyl sites for hydroxylation is 1. The number of hydrogen-bond acceptors (Lipinski definition) is 3. The number of amides is 3. The van der Waals surface area contributed by atoms with Gasteiger partial charge in [0.05, 0.1) is 13.1 Å². The molecule has 134 valence electrons. The van der Waals surface area contributed by atoms with Crippen LogP contribution in [-0.4, -0.2) is 72.7 Å². The Morgan fingerprint density at radius 2 is 1.84 bits per heavy atom. The average molecular weight is 343 g/mol. The summed E-state index contributed by atoms with van der Waals surface area (Å²) in [5, 5.41) is 0. The van der Waals surface area contributed by atoms with Crippen molar-refractivity contribution in [2.45, 2.75) is 13.8 Å². The van der Waals surface area contributed by atoms with Crippen molar-refractivity contribution in [3.05, 3.63) is 41.5 Å². The van der Waals surface area contributed by atoms with E-state index in [1.165, 1.54) is 9.80 Å². The predicted molar refractivity (Wildman–Crippen MR) is 97.1 cm³/mol. The van der Waals surface area contributed by atoms with Gasteiger partial charge in [0.2, 0.25) is 11.8 Å². The first-order chi connectivity index (χ1) is 11.7. The van der Waals surface area contributed by atoms with Gasteiger partial charge in [0, 0.05) is 32.7 Å². The van der Waals surface area contributed by atoms with Crippen LogP contribution in [0.4, 0.5) is 0 Å². The zero-order valence-electron chi connectivity index (χ0n) is 15.3. The van der Waals surface area contributed by atoms with Crippen LogP contribution in [-0.2, 0) is 9.59 Å². The second-order valence-electron chi connectivity index (χ2n) is 6.66. The van der Waals surface area contributed by atoms with Gasteiger partial charge in [-0.05, 0) is 37.1 Å². The number of likely N-dealkylation sites (N-methyl/N-ethyl adjacent to an activating group) is 2. The molecule has 6 nitrogen and oxygen atoms in total. The third kappa shape index (κ3) is 4.47. The maximum absolute atomic E-state index is 12.7. The van der Waals surface area contributed by atoms with Crippen LogP contribution in [0, 0.1) is 6.92 Å². The highest BCUT2D eigenvalue weighted by Gasteiger charge is 2.26.